The summed E-state index contributed by atoms with van der Waals surface area (Å²) in [4.78, 5) is 16.3. The second kappa shape index (κ2) is 11.6. The summed E-state index contributed by atoms with van der Waals surface area (Å²) in [6, 6.07) is 21.2. The molecule has 4 fully saturated rings. The quantitative estimate of drug-likeness (QED) is 0.379. The Bertz CT molecular complexity index is 939. The molecule has 190 valence electrons. The first kappa shape index (κ1) is 26.4. The molecule has 4 nitrogen and oxygen atoms in total. The van der Waals surface area contributed by atoms with Crippen LogP contribution in [0.15, 0.2) is 60.7 Å². The number of nitrogens with zero attached hydrogens (tertiary/aromatic N) is 2. The molecule has 4 saturated heterocycles. The number of carbonyl (C=O) groups is 1. The van der Waals surface area contributed by atoms with Gasteiger partial charge in [-0.15, -0.1) is 0 Å². The fourth-order valence-corrected chi connectivity index (χ4v) is 6.72. The van der Waals surface area contributed by atoms with E-state index in [1.807, 2.05) is 18.2 Å². The van der Waals surface area contributed by atoms with Crippen LogP contribution in [0.1, 0.15) is 56.6 Å². The molecule has 0 amide bonds. The van der Waals surface area contributed by atoms with Crippen LogP contribution < -0.4 is 17.0 Å². The van der Waals surface area contributed by atoms with Gasteiger partial charge in [0.15, 0.2) is 6.10 Å². The minimum Gasteiger partial charge on any atom is -1.00 e. The number of carbonyl (C=O) groups excluding carboxylic acids is 1. The van der Waals surface area contributed by atoms with Crippen molar-refractivity contribution in [2.75, 3.05) is 39.3 Å². The molecule has 0 aromatic heterocycles. The Morgan fingerprint density at radius 3 is 2.26 bits per heavy atom. The van der Waals surface area contributed by atoms with Gasteiger partial charge in [-0.25, -0.2) is 4.79 Å². The highest BCUT2D eigenvalue weighted by atomic mass is 79.9. The van der Waals surface area contributed by atoms with Crippen LogP contribution in [0.5, 0.6) is 0 Å². The number of aryl methyl sites for hydroxylation is 1. The van der Waals surface area contributed by atoms with E-state index in [1.165, 1.54) is 50.9 Å². The van der Waals surface area contributed by atoms with Crippen LogP contribution in [0, 0.1) is 5.92 Å². The molecule has 0 radical (unpaired) electrons. The Morgan fingerprint density at radius 1 is 0.971 bits per heavy atom. The van der Waals surface area contributed by atoms with Gasteiger partial charge in [-0.05, 0) is 50.4 Å². The monoisotopic (exact) mass is 540 g/mol. The number of piperidine rings is 4. The summed E-state index contributed by atoms with van der Waals surface area (Å²) in [6.07, 6.45) is 8.33. The van der Waals surface area contributed by atoms with Gasteiger partial charge in [0, 0.05) is 25.2 Å². The van der Waals surface area contributed by atoms with Gasteiger partial charge in [0.2, 0.25) is 0 Å². The average Bonchev–Trinajstić information content (AvgIpc) is 2.90. The number of likely N-dealkylation sites (tertiary alicyclic amines) is 1. The molecule has 0 saturated carbocycles. The fraction of sp³-hybridized carbons (Fsp3) is 0.567. The van der Waals surface area contributed by atoms with Gasteiger partial charge in [0.05, 0.1) is 19.6 Å². The third kappa shape index (κ3) is 5.68. The molecule has 4 aliphatic heterocycles. The number of hydrogen-bond donors (Lipinski definition) is 0. The van der Waals surface area contributed by atoms with Crippen molar-refractivity contribution in [3.63, 3.8) is 0 Å². The number of quaternary nitrogens is 1. The van der Waals surface area contributed by atoms with Gasteiger partial charge in [-0.2, -0.15) is 0 Å². The summed E-state index contributed by atoms with van der Waals surface area (Å²) in [7, 11) is 0. The molecule has 5 heteroatoms. The second-order valence-corrected chi connectivity index (χ2v) is 11.1. The zero-order valence-corrected chi connectivity index (χ0v) is 22.8. The van der Waals surface area contributed by atoms with E-state index in [2.05, 4.69) is 54.3 Å². The molecule has 0 unspecified atom stereocenters. The zero-order valence-electron chi connectivity index (χ0n) is 21.2. The molecule has 6 rings (SSSR count). The molecule has 2 aromatic rings. The van der Waals surface area contributed by atoms with E-state index in [1.54, 1.807) is 0 Å². The lowest BCUT2D eigenvalue weighted by molar-refractivity contribution is -0.946. The van der Waals surface area contributed by atoms with Gasteiger partial charge in [0.1, 0.15) is 12.1 Å². The molecule has 4 aliphatic rings. The largest absolute Gasteiger partial charge is 1.00 e. The van der Waals surface area contributed by atoms with E-state index >= 15 is 0 Å². The first-order chi connectivity index (χ1) is 16.6. The van der Waals surface area contributed by atoms with E-state index in [4.69, 9.17) is 4.74 Å². The standard InChI is InChI=1S/C30H41N2O2.BrH/c1-30(27-15-7-3-8-16-27,31-19-9-4-10-20-31)29(33)34-28-24-32(22-17-26(28)18-23-32)21-11-14-25-12-5-2-6-13-25;/h2-3,5-8,12-13,15-16,26,28H,4,9-11,14,17-24H2,1H3;1H/q+1;/p-1/t26?,28-,30-,32?;/m0./s1. The highest BCUT2D eigenvalue weighted by Gasteiger charge is 2.50. The normalized spacial score (nSPS) is 28.0. The van der Waals surface area contributed by atoms with Crippen LogP contribution in [-0.4, -0.2) is 60.7 Å². The first-order valence-electron chi connectivity index (χ1n) is 13.5. The summed E-state index contributed by atoms with van der Waals surface area (Å²) in [5.74, 6) is 0.487. The van der Waals surface area contributed by atoms with Crippen LogP contribution in [0.4, 0.5) is 0 Å². The third-order valence-corrected chi connectivity index (χ3v) is 8.96. The summed E-state index contributed by atoms with van der Waals surface area (Å²) in [6.45, 7) is 8.71. The van der Waals surface area contributed by atoms with Crippen molar-refractivity contribution >= 4 is 5.97 Å². The van der Waals surface area contributed by atoms with E-state index in [9.17, 15) is 4.79 Å². The van der Waals surface area contributed by atoms with Gasteiger partial charge >= 0.3 is 5.97 Å². The van der Waals surface area contributed by atoms with Crippen molar-refractivity contribution in [3.8, 4) is 0 Å². The molecule has 35 heavy (non-hydrogen) atoms. The van der Waals surface area contributed by atoms with Crippen LogP contribution in [0.3, 0.4) is 0 Å². The maximum atomic E-state index is 13.9. The molecule has 0 aliphatic carbocycles. The minimum absolute atomic E-state index is 0. The molecule has 2 aromatic carbocycles. The summed E-state index contributed by atoms with van der Waals surface area (Å²) >= 11 is 0. The van der Waals surface area contributed by atoms with Gasteiger partial charge < -0.3 is 26.2 Å². The van der Waals surface area contributed by atoms with Crippen molar-refractivity contribution in [3.05, 3.63) is 71.8 Å². The minimum atomic E-state index is -0.703. The number of benzene rings is 2. The number of rotatable bonds is 8. The maximum absolute atomic E-state index is 13.9. The summed E-state index contributed by atoms with van der Waals surface area (Å²) < 4.78 is 7.62. The molecular formula is C30H41BrN2O2. The van der Waals surface area contributed by atoms with Crippen molar-refractivity contribution in [2.24, 2.45) is 5.92 Å². The van der Waals surface area contributed by atoms with Crippen LogP contribution in [-0.2, 0) is 21.5 Å². The number of hydrogen-bond acceptors (Lipinski definition) is 3. The van der Waals surface area contributed by atoms with E-state index in [0.29, 0.717) is 5.92 Å². The molecule has 2 atom stereocenters. The van der Waals surface area contributed by atoms with Gasteiger partial charge in [0.25, 0.3) is 0 Å². The van der Waals surface area contributed by atoms with Gasteiger partial charge in [-0.3, -0.25) is 4.90 Å². The second-order valence-electron chi connectivity index (χ2n) is 11.1. The lowest BCUT2D eigenvalue weighted by atomic mass is 9.82. The number of esters is 1. The van der Waals surface area contributed by atoms with E-state index in [0.717, 1.165) is 48.9 Å². The maximum Gasteiger partial charge on any atom is 0.331 e. The lowest BCUT2D eigenvalue weighted by Gasteiger charge is -2.53. The number of halogens is 1. The van der Waals surface area contributed by atoms with Crippen LogP contribution >= 0.6 is 0 Å². The smallest absolute Gasteiger partial charge is 0.331 e. The van der Waals surface area contributed by atoms with Crippen molar-refractivity contribution in [2.45, 2.75) is 63.5 Å². The highest BCUT2D eigenvalue weighted by molar-refractivity contribution is 5.82. The lowest BCUT2D eigenvalue weighted by Crippen LogP contribution is -3.00. The Hall–Kier alpha value is -1.69. The zero-order chi connectivity index (χ0) is 23.4. The van der Waals surface area contributed by atoms with Crippen molar-refractivity contribution < 1.29 is 31.0 Å². The summed E-state index contributed by atoms with van der Waals surface area (Å²) in [5, 5.41) is 0. The van der Waals surface area contributed by atoms with E-state index < -0.39 is 5.54 Å². The Balaban J connectivity index is 0.00000289. The molecule has 0 N–H and O–H groups in total. The highest BCUT2D eigenvalue weighted by Crippen LogP contribution is 2.39. The van der Waals surface area contributed by atoms with Crippen LogP contribution in [0.2, 0.25) is 0 Å². The topological polar surface area (TPSA) is 29.5 Å². The first-order valence-corrected chi connectivity index (χ1v) is 13.5. The summed E-state index contributed by atoms with van der Waals surface area (Å²) in [5.41, 5.74) is 1.79. The molecule has 0 spiro atoms. The third-order valence-electron chi connectivity index (χ3n) is 8.96. The average molecular weight is 542 g/mol. The van der Waals surface area contributed by atoms with Crippen LogP contribution in [0.25, 0.3) is 0 Å². The Labute approximate surface area is 222 Å². The van der Waals surface area contributed by atoms with Crippen molar-refractivity contribution in [1.82, 2.24) is 4.90 Å². The van der Waals surface area contributed by atoms with E-state index in [-0.39, 0.29) is 29.1 Å². The fourth-order valence-electron chi connectivity index (χ4n) is 6.72. The predicted octanol–water partition coefficient (Wildman–Crippen LogP) is 2.18. The van der Waals surface area contributed by atoms with Gasteiger partial charge in [-0.1, -0.05) is 67.1 Å². The molecule has 2 bridgehead atoms. The SMILES string of the molecule is C[C@@](C(=O)O[C@H]1C[N+]2(CCCc3ccccc3)CCC1CC2)(c1ccccc1)N1CCCCC1.[Br-]. The molecular weight excluding hydrogens is 500 g/mol. The Kier molecular flexibility index (Phi) is 8.72. The van der Waals surface area contributed by atoms with Crippen molar-refractivity contribution in [1.29, 1.82) is 0 Å². The Morgan fingerprint density at radius 2 is 1.60 bits per heavy atom. The molecule has 4 heterocycles. The number of ether oxygens (including phenoxy) is 1. The predicted molar refractivity (Wildman–Crippen MR) is 136 cm³/mol. The number of fused-ring (bicyclic) bond motifs is 3.